The zero-order valence-electron chi connectivity index (χ0n) is 19.4. The van der Waals surface area contributed by atoms with Crippen molar-refractivity contribution in [2.75, 3.05) is 12.8 Å². The summed E-state index contributed by atoms with van der Waals surface area (Å²) < 4.78 is 33.4. The van der Waals surface area contributed by atoms with E-state index in [1.165, 1.54) is 24.0 Å². The van der Waals surface area contributed by atoms with Gasteiger partial charge in [0.25, 0.3) is 0 Å². The van der Waals surface area contributed by atoms with Crippen LogP contribution in [0.4, 0.5) is 9.18 Å². The zero-order valence-corrected chi connectivity index (χ0v) is 20.9. The molecular weight excluding hydrogens is 497 g/mol. The summed E-state index contributed by atoms with van der Waals surface area (Å²) in [6.07, 6.45) is 1.75. The maximum Gasteiger partial charge on any atom is 0.410 e. The fraction of sp³-hybridized carbons (Fsp3) is 0.318. The van der Waals surface area contributed by atoms with Gasteiger partial charge in [-0.1, -0.05) is 16.8 Å². The summed E-state index contributed by atoms with van der Waals surface area (Å²) >= 11 is 5.89. The molecule has 0 saturated carbocycles. The molecule has 1 aromatic carbocycles. The Bertz CT molecular complexity index is 1460. The minimum atomic E-state index is -3.04. The summed E-state index contributed by atoms with van der Waals surface area (Å²) in [7, 11) is -1.63. The van der Waals surface area contributed by atoms with Crippen LogP contribution in [0.3, 0.4) is 0 Å². The number of carboxylic acid groups (broad SMARTS) is 1. The monoisotopic (exact) mass is 519 g/mol. The minimum Gasteiger partial charge on any atom is -0.465 e. The average Bonchev–Trinajstić information content (AvgIpc) is 3.28. The molecule has 2 aromatic heterocycles. The van der Waals surface area contributed by atoms with Crippen LogP contribution >= 0.6 is 11.6 Å². The summed E-state index contributed by atoms with van der Waals surface area (Å²) in [5.41, 5.74) is -0.254. The Hall–Kier alpha value is -3.38. The van der Waals surface area contributed by atoms with Gasteiger partial charge in [0.1, 0.15) is 27.6 Å². The van der Waals surface area contributed by atoms with E-state index in [0.29, 0.717) is 22.1 Å². The van der Waals surface area contributed by atoms with Crippen LogP contribution in [0.2, 0.25) is 5.02 Å². The Kier molecular flexibility index (Phi) is 6.14. The number of aromatic nitrogens is 4. The molecule has 1 amide bonds. The van der Waals surface area contributed by atoms with E-state index in [2.05, 4.69) is 30.0 Å². The predicted octanol–water partition coefficient (Wildman–Crippen LogP) is 3.89. The van der Waals surface area contributed by atoms with E-state index in [1.807, 2.05) is 0 Å². The molecular formula is C22H23ClFN7O3S. The molecule has 10 nitrogen and oxygen atoms in total. The Morgan fingerprint density at radius 1 is 1.29 bits per heavy atom. The molecule has 35 heavy (non-hydrogen) atoms. The molecule has 4 rings (SSSR count). The summed E-state index contributed by atoms with van der Waals surface area (Å²) in [5.74, 6) is -0.232. The first-order chi connectivity index (χ1) is 16.4. The van der Waals surface area contributed by atoms with E-state index in [9.17, 15) is 14.1 Å². The van der Waals surface area contributed by atoms with Crippen molar-refractivity contribution < 1.29 is 18.5 Å². The topological polar surface area (TPSA) is 135 Å². The van der Waals surface area contributed by atoms with Crippen LogP contribution in [-0.2, 0) is 15.3 Å². The smallest absolute Gasteiger partial charge is 0.410 e. The lowest BCUT2D eigenvalue weighted by atomic mass is 9.91. The lowest BCUT2D eigenvalue weighted by Crippen LogP contribution is -2.57. The number of pyridine rings is 1. The van der Waals surface area contributed by atoms with Crippen LogP contribution in [-0.4, -0.2) is 58.8 Å². The number of halogens is 2. The Balaban J connectivity index is 1.81. The molecule has 2 atom stereocenters. The molecule has 184 valence electrons. The van der Waals surface area contributed by atoms with Crippen molar-refractivity contribution in [1.82, 2.24) is 25.3 Å². The normalized spacial score (nSPS) is 23.4. The summed E-state index contributed by atoms with van der Waals surface area (Å²) in [4.78, 5) is 20.2. The van der Waals surface area contributed by atoms with Crippen LogP contribution in [0.5, 0.6) is 0 Å². The number of hydrogen-bond acceptors (Lipinski definition) is 7. The number of aliphatic imine (C=N–C) groups is 1. The Morgan fingerprint density at radius 2 is 2.03 bits per heavy atom. The van der Waals surface area contributed by atoms with Crippen molar-refractivity contribution >= 4 is 33.3 Å². The van der Waals surface area contributed by atoms with E-state index in [-0.39, 0.29) is 17.2 Å². The molecule has 1 aliphatic heterocycles. The van der Waals surface area contributed by atoms with Gasteiger partial charge in [0, 0.05) is 24.4 Å². The number of amides is 1. The highest BCUT2D eigenvalue weighted by Crippen LogP contribution is 2.40. The number of hydrogen-bond donors (Lipinski definition) is 2. The van der Waals surface area contributed by atoms with Gasteiger partial charge in [-0.15, -0.1) is 5.10 Å². The first kappa shape index (κ1) is 24.7. The van der Waals surface area contributed by atoms with Crippen LogP contribution < -0.4 is 5.32 Å². The van der Waals surface area contributed by atoms with Crippen molar-refractivity contribution in [2.45, 2.75) is 31.1 Å². The van der Waals surface area contributed by atoms with E-state index >= 15 is 4.39 Å². The summed E-state index contributed by atoms with van der Waals surface area (Å²) in [6, 6.07) is 7.71. The third-order valence-corrected chi connectivity index (χ3v) is 9.56. The predicted molar refractivity (Wildman–Crippen MR) is 131 cm³/mol. The first-order valence-corrected chi connectivity index (χ1v) is 12.5. The minimum absolute atomic E-state index is 0.0427. The highest BCUT2D eigenvalue weighted by Gasteiger charge is 2.49. The second kappa shape index (κ2) is 8.68. The second-order valence-electron chi connectivity index (χ2n) is 8.72. The van der Waals surface area contributed by atoms with Crippen molar-refractivity contribution in [3.8, 4) is 17.1 Å². The molecule has 3 heterocycles. The van der Waals surface area contributed by atoms with Gasteiger partial charge in [0.2, 0.25) is 0 Å². The Labute approximate surface area is 206 Å². The van der Waals surface area contributed by atoms with E-state index in [0.717, 1.165) is 0 Å². The van der Waals surface area contributed by atoms with Gasteiger partial charge in [-0.2, -0.15) is 0 Å². The molecule has 0 radical (unpaired) electrons. The van der Waals surface area contributed by atoms with Crippen molar-refractivity contribution in [2.24, 2.45) is 9.36 Å². The third kappa shape index (κ3) is 4.39. The maximum atomic E-state index is 15.2. The molecule has 3 aromatic rings. The van der Waals surface area contributed by atoms with Gasteiger partial charge < -0.3 is 5.11 Å². The van der Waals surface area contributed by atoms with Gasteiger partial charge >= 0.3 is 6.09 Å². The molecule has 0 fully saturated rings. The average molecular weight is 520 g/mol. The Morgan fingerprint density at radius 3 is 2.66 bits per heavy atom. The largest absolute Gasteiger partial charge is 0.465 e. The molecule has 13 heteroatoms. The molecule has 0 bridgehead atoms. The van der Waals surface area contributed by atoms with Crippen molar-refractivity contribution in [3.63, 3.8) is 0 Å². The van der Waals surface area contributed by atoms with E-state index in [4.69, 9.17) is 11.6 Å². The second-order valence-corrected chi connectivity index (χ2v) is 12.1. The number of benzene rings is 1. The van der Waals surface area contributed by atoms with Gasteiger partial charge in [-0.3, -0.25) is 10.3 Å². The lowest BCUT2D eigenvalue weighted by Gasteiger charge is -2.41. The SMILES string of the molecule is CN=[S@@]1(=O)C[C@@](C)(c2cc(-c3cn(-c4ccc(Cl)cn4)nn3)ccc2F)N=C(NC(=O)O)C1(C)C. The number of carbonyl (C=O) groups is 1. The van der Waals surface area contributed by atoms with Gasteiger partial charge in [0.05, 0.1) is 26.7 Å². The van der Waals surface area contributed by atoms with Crippen molar-refractivity contribution in [1.29, 1.82) is 0 Å². The van der Waals surface area contributed by atoms with E-state index < -0.39 is 31.9 Å². The van der Waals surface area contributed by atoms with Crippen LogP contribution in [0.1, 0.15) is 26.3 Å². The number of nitrogens with zero attached hydrogens (tertiary/aromatic N) is 6. The molecule has 2 N–H and O–H groups in total. The zero-order chi connectivity index (χ0) is 25.6. The highest BCUT2D eigenvalue weighted by atomic mass is 35.5. The highest BCUT2D eigenvalue weighted by molar-refractivity contribution is 7.95. The van der Waals surface area contributed by atoms with Gasteiger partial charge in [-0.25, -0.2) is 27.4 Å². The summed E-state index contributed by atoms with van der Waals surface area (Å²) in [5, 5.41) is 20.3. The maximum absolute atomic E-state index is 15.2. The van der Waals surface area contributed by atoms with Crippen molar-refractivity contribution in [3.05, 3.63) is 59.1 Å². The van der Waals surface area contributed by atoms with Crippen LogP contribution in [0.25, 0.3) is 17.1 Å². The fourth-order valence-corrected chi connectivity index (χ4v) is 6.38. The number of amidine groups is 1. The van der Waals surface area contributed by atoms with Gasteiger partial charge in [-0.05, 0) is 51.1 Å². The summed E-state index contributed by atoms with van der Waals surface area (Å²) in [6.45, 7) is 4.81. The number of nitrogens with one attached hydrogen (secondary N) is 1. The molecule has 0 aliphatic carbocycles. The van der Waals surface area contributed by atoms with Crippen LogP contribution in [0, 0.1) is 5.82 Å². The van der Waals surface area contributed by atoms with Gasteiger partial charge in [0.15, 0.2) is 5.82 Å². The quantitative estimate of drug-likeness (QED) is 0.539. The fourth-order valence-electron chi connectivity index (χ4n) is 3.95. The van der Waals surface area contributed by atoms with Crippen LogP contribution in [0.15, 0.2) is 52.1 Å². The molecule has 1 aliphatic rings. The molecule has 0 saturated heterocycles. The number of rotatable bonds is 3. The standard InChI is InChI=1S/C22H23ClFN7O3S/c1-21(2)19(27-20(32)33)28-22(3,12-35(21,34)25-4)15-9-13(5-7-16(15)24)17-11-31(30-29-17)18-8-6-14(23)10-26-18/h5-11H,12H2,1-4H3,(H,27,28)(H,32,33)/t22-,35+/m0/s1. The molecule has 0 spiro atoms. The lowest BCUT2D eigenvalue weighted by molar-refractivity contribution is 0.199. The van der Waals surface area contributed by atoms with E-state index in [1.54, 1.807) is 51.2 Å². The third-order valence-electron chi connectivity index (χ3n) is 6.01. The first-order valence-electron chi connectivity index (χ1n) is 10.5. The molecule has 0 unspecified atom stereocenters.